The highest BCUT2D eigenvalue weighted by Gasteiger charge is 2.43. The van der Waals surface area contributed by atoms with Crippen molar-refractivity contribution in [2.24, 2.45) is 17.6 Å². The van der Waals surface area contributed by atoms with Gasteiger partial charge in [0.25, 0.3) is 0 Å². The second kappa shape index (κ2) is 8.69. The number of carbonyl (C=O) groups excluding carboxylic acids is 1. The van der Waals surface area contributed by atoms with Crippen molar-refractivity contribution in [3.05, 3.63) is 29.3 Å². The molecule has 1 heterocycles. The van der Waals surface area contributed by atoms with Crippen molar-refractivity contribution in [1.29, 1.82) is 0 Å². The molecule has 28 heavy (non-hydrogen) atoms. The summed E-state index contributed by atoms with van der Waals surface area (Å²) < 4.78 is 27.3. The summed E-state index contributed by atoms with van der Waals surface area (Å²) in [6, 6.07) is 5.23. The average molecular weight is 430 g/mol. The van der Waals surface area contributed by atoms with Crippen molar-refractivity contribution >= 4 is 28.3 Å². The van der Waals surface area contributed by atoms with Crippen LogP contribution in [0.25, 0.3) is 0 Å². The SMILES string of the molecule is Cc1ccc(S(=O)(=O)N2CCC(C(=O)NC(C)(CN)C3CC3)CC2)cc1C.Cl. The number of nitrogens with two attached hydrogens (primary N) is 1. The first-order valence-electron chi connectivity index (χ1n) is 9.77. The first-order chi connectivity index (χ1) is 12.7. The molecule has 3 rings (SSSR count). The molecule has 1 saturated carbocycles. The number of piperidine rings is 1. The van der Waals surface area contributed by atoms with Gasteiger partial charge >= 0.3 is 0 Å². The number of hydrogen-bond acceptors (Lipinski definition) is 4. The Morgan fingerprint density at radius 2 is 1.79 bits per heavy atom. The zero-order chi connectivity index (χ0) is 19.8. The topological polar surface area (TPSA) is 92.5 Å². The Balaban J connectivity index is 0.00000280. The summed E-state index contributed by atoms with van der Waals surface area (Å²) in [5.41, 5.74) is 7.59. The molecule has 0 radical (unpaired) electrons. The van der Waals surface area contributed by atoms with Crippen LogP contribution in [-0.2, 0) is 14.8 Å². The number of halogens is 1. The van der Waals surface area contributed by atoms with Crippen molar-refractivity contribution in [3.63, 3.8) is 0 Å². The standard InChI is InChI=1S/C20H31N3O3S.ClH/c1-14-4-7-18(12-15(14)2)27(25,26)23-10-8-16(9-11-23)19(24)22-20(3,13-21)17-5-6-17;/h4,7,12,16-17H,5-6,8-11,13,21H2,1-3H3,(H,22,24);1H. The Labute approximate surface area is 174 Å². The van der Waals surface area contributed by atoms with E-state index in [1.807, 2.05) is 26.8 Å². The number of carbonyl (C=O) groups is 1. The molecule has 1 atom stereocenters. The van der Waals surface area contributed by atoms with Crippen LogP contribution in [0.1, 0.15) is 43.7 Å². The highest BCUT2D eigenvalue weighted by atomic mass is 35.5. The molecule has 1 aliphatic heterocycles. The lowest BCUT2D eigenvalue weighted by Crippen LogP contribution is -2.55. The number of amides is 1. The van der Waals surface area contributed by atoms with E-state index < -0.39 is 10.0 Å². The summed E-state index contributed by atoms with van der Waals surface area (Å²) in [6.45, 7) is 7.07. The number of sulfonamides is 1. The first-order valence-corrected chi connectivity index (χ1v) is 11.2. The van der Waals surface area contributed by atoms with E-state index in [0.29, 0.717) is 43.3 Å². The van der Waals surface area contributed by atoms with Gasteiger partial charge in [0.1, 0.15) is 0 Å². The van der Waals surface area contributed by atoms with Crippen molar-refractivity contribution in [2.45, 2.75) is 56.9 Å². The predicted octanol–water partition coefficient (Wildman–Crippen LogP) is 2.37. The predicted molar refractivity (Wildman–Crippen MR) is 113 cm³/mol. The van der Waals surface area contributed by atoms with Crippen molar-refractivity contribution in [2.75, 3.05) is 19.6 Å². The van der Waals surface area contributed by atoms with Crippen molar-refractivity contribution < 1.29 is 13.2 Å². The molecule has 1 aromatic rings. The van der Waals surface area contributed by atoms with Crippen LogP contribution in [0.5, 0.6) is 0 Å². The molecular weight excluding hydrogens is 398 g/mol. The van der Waals surface area contributed by atoms with Gasteiger partial charge < -0.3 is 11.1 Å². The van der Waals surface area contributed by atoms with E-state index in [1.54, 1.807) is 12.1 Å². The fourth-order valence-electron chi connectivity index (χ4n) is 3.81. The molecule has 0 spiro atoms. The molecule has 6 nitrogen and oxygen atoms in total. The highest BCUT2D eigenvalue weighted by molar-refractivity contribution is 7.89. The van der Waals surface area contributed by atoms with Gasteiger partial charge in [0.05, 0.1) is 10.4 Å². The average Bonchev–Trinajstić information content (AvgIpc) is 3.49. The van der Waals surface area contributed by atoms with Crippen LogP contribution in [0.3, 0.4) is 0 Å². The minimum absolute atomic E-state index is 0. The Morgan fingerprint density at radius 1 is 1.18 bits per heavy atom. The number of aryl methyl sites for hydroxylation is 2. The molecule has 158 valence electrons. The number of nitrogens with zero attached hydrogens (tertiary/aromatic N) is 1. The molecule has 0 bridgehead atoms. The first kappa shape index (κ1) is 23.1. The van der Waals surface area contributed by atoms with E-state index in [4.69, 9.17) is 5.73 Å². The van der Waals surface area contributed by atoms with Gasteiger partial charge in [-0.25, -0.2) is 8.42 Å². The lowest BCUT2D eigenvalue weighted by Gasteiger charge is -2.35. The maximum atomic E-state index is 12.9. The lowest BCUT2D eigenvalue weighted by atomic mass is 9.92. The molecule has 0 aromatic heterocycles. The highest BCUT2D eigenvalue weighted by Crippen LogP contribution is 2.39. The number of benzene rings is 1. The van der Waals surface area contributed by atoms with E-state index in [2.05, 4.69) is 5.32 Å². The maximum Gasteiger partial charge on any atom is 0.243 e. The molecule has 2 fully saturated rings. The minimum Gasteiger partial charge on any atom is -0.349 e. The summed E-state index contributed by atoms with van der Waals surface area (Å²) in [5, 5.41) is 3.14. The normalized spacial score (nSPS) is 20.9. The van der Waals surface area contributed by atoms with Crippen molar-refractivity contribution in [3.8, 4) is 0 Å². The second-order valence-corrected chi connectivity index (χ2v) is 10.2. The Bertz CT molecular complexity index is 818. The van der Waals surface area contributed by atoms with Gasteiger partial charge in [-0.2, -0.15) is 4.31 Å². The number of hydrogen-bond donors (Lipinski definition) is 2. The Hall–Kier alpha value is -1.15. The van der Waals surface area contributed by atoms with Crippen LogP contribution in [0.2, 0.25) is 0 Å². The van der Waals surface area contributed by atoms with Crippen LogP contribution in [0, 0.1) is 25.7 Å². The molecule has 8 heteroatoms. The van der Waals surface area contributed by atoms with Gasteiger partial charge in [0, 0.05) is 25.6 Å². The lowest BCUT2D eigenvalue weighted by molar-refractivity contribution is -0.128. The zero-order valence-corrected chi connectivity index (χ0v) is 18.5. The van der Waals surface area contributed by atoms with Crippen LogP contribution in [-0.4, -0.2) is 43.8 Å². The molecule has 2 aliphatic rings. The Morgan fingerprint density at radius 3 is 2.29 bits per heavy atom. The third kappa shape index (κ3) is 4.70. The number of rotatable bonds is 6. The molecule has 1 amide bonds. The van der Waals surface area contributed by atoms with E-state index >= 15 is 0 Å². The monoisotopic (exact) mass is 429 g/mol. The van der Waals surface area contributed by atoms with E-state index in [9.17, 15) is 13.2 Å². The van der Waals surface area contributed by atoms with Gasteiger partial charge in [0.2, 0.25) is 15.9 Å². The minimum atomic E-state index is -3.51. The summed E-state index contributed by atoms with van der Waals surface area (Å²) in [6.07, 6.45) is 3.31. The van der Waals surface area contributed by atoms with Crippen LogP contribution in [0.15, 0.2) is 23.1 Å². The third-order valence-electron chi connectivity index (χ3n) is 6.25. The van der Waals surface area contributed by atoms with Gasteiger partial charge in [-0.05, 0) is 75.6 Å². The zero-order valence-electron chi connectivity index (χ0n) is 16.9. The van der Waals surface area contributed by atoms with Gasteiger partial charge in [-0.15, -0.1) is 12.4 Å². The molecule has 1 aliphatic carbocycles. The summed E-state index contributed by atoms with van der Waals surface area (Å²) in [5.74, 6) is 0.329. The summed E-state index contributed by atoms with van der Waals surface area (Å²) in [7, 11) is -3.51. The van der Waals surface area contributed by atoms with E-state index in [-0.39, 0.29) is 29.8 Å². The third-order valence-corrected chi connectivity index (χ3v) is 8.15. The van der Waals surface area contributed by atoms with Gasteiger partial charge in [-0.1, -0.05) is 6.07 Å². The van der Waals surface area contributed by atoms with Gasteiger partial charge in [-0.3, -0.25) is 4.79 Å². The molecular formula is C20H32ClN3O3S. The molecule has 1 aromatic carbocycles. The van der Waals surface area contributed by atoms with Crippen LogP contribution >= 0.6 is 12.4 Å². The maximum absolute atomic E-state index is 12.9. The number of nitrogens with one attached hydrogen (secondary N) is 1. The molecule has 3 N–H and O–H groups in total. The smallest absolute Gasteiger partial charge is 0.243 e. The second-order valence-electron chi connectivity index (χ2n) is 8.31. The fraction of sp³-hybridized carbons (Fsp3) is 0.650. The largest absolute Gasteiger partial charge is 0.349 e. The summed E-state index contributed by atoms with van der Waals surface area (Å²) >= 11 is 0. The molecule has 1 saturated heterocycles. The van der Waals surface area contributed by atoms with Crippen molar-refractivity contribution in [1.82, 2.24) is 9.62 Å². The van der Waals surface area contributed by atoms with Gasteiger partial charge in [0.15, 0.2) is 0 Å². The van der Waals surface area contributed by atoms with E-state index in [1.165, 1.54) is 4.31 Å². The summed E-state index contributed by atoms with van der Waals surface area (Å²) in [4.78, 5) is 13.0. The quantitative estimate of drug-likeness (QED) is 0.726. The van der Waals surface area contributed by atoms with Crippen LogP contribution < -0.4 is 11.1 Å². The molecule has 1 unspecified atom stereocenters. The Kier molecular flexibility index (Phi) is 7.18. The van der Waals surface area contributed by atoms with Crippen LogP contribution in [0.4, 0.5) is 0 Å². The fourth-order valence-corrected chi connectivity index (χ4v) is 5.36. The van der Waals surface area contributed by atoms with E-state index in [0.717, 1.165) is 24.0 Å².